The smallest absolute Gasteiger partial charge is 0.163 e. The van der Waals surface area contributed by atoms with Gasteiger partial charge in [0.15, 0.2) is 5.78 Å². The Morgan fingerprint density at radius 2 is 1.82 bits per heavy atom. The Morgan fingerprint density at radius 1 is 1.18 bits per heavy atom. The maximum atomic E-state index is 12.9. The molecule has 1 aromatic rings. The first-order chi connectivity index (χ1) is 8.08. The van der Waals surface area contributed by atoms with Gasteiger partial charge >= 0.3 is 0 Å². The second kappa shape index (κ2) is 4.82. The van der Waals surface area contributed by atoms with Crippen molar-refractivity contribution in [2.45, 2.75) is 33.1 Å². The Hall–Kier alpha value is -1.44. The van der Waals surface area contributed by atoms with Crippen LogP contribution < -0.4 is 0 Å². The van der Waals surface area contributed by atoms with Gasteiger partial charge in [-0.05, 0) is 36.5 Å². The first kappa shape index (κ1) is 12.0. The van der Waals surface area contributed by atoms with Crippen LogP contribution in [0.5, 0.6) is 0 Å². The number of halogens is 1. The van der Waals surface area contributed by atoms with E-state index in [-0.39, 0.29) is 11.6 Å². The summed E-state index contributed by atoms with van der Waals surface area (Å²) < 4.78 is 12.9. The molecule has 0 heterocycles. The summed E-state index contributed by atoms with van der Waals surface area (Å²) in [5, 5.41) is 0. The molecule has 1 aliphatic rings. The zero-order chi connectivity index (χ0) is 12.4. The highest BCUT2D eigenvalue weighted by atomic mass is 19.1. The molecule has 1 aromatic carbocycles. The molecule has 0 aliphatic heterocycles. The number of hydrogen-bond donors (Lipinski definition) is 0. The second-order valence-electron chi connectivity index (χ2n) is 5.01. The molecular weight excluding hydrogens is 215 g/mol. The van der Waals surface area contributed by atoms with Crippen LogP contribution in [0.4, 0.5) is 4.39 Å². The predicted molar refractivity (Wildman–Crippen MR) is 67.0 cm³/mol. The normalized spacial score (nSPS) is 16.1. The maximum Gasteiger partial charge on any atom is 0.163 e. The van der Waals surface area contributed by atoms with Crippen LogP contribution in [-0.4, -0.2) is 5.78 Å². The first-order valence-corrected chi connectivity index (χ1v) is 6.09. The Balaban J connectivity index is 2.38. The van der Waals surface area contributed by atoms with E-state index in [0.717, 1.165) is 24.0 Å². The molecule has 0 bridgehead atoms. The fraction of sp³-hybridized carbons (Fsp3) is 0.400. The van der Waals surface area contributed by atoms with Crippen molar-refractivity contribution in [3.63, 3.8) is 0 Å². The van der Waals surface area contributed by atoms with Crippen LogP contribution in [0.3, 0.4) is 0 Å². The summed E-state index contributed by atoms with van der Waals surface area (Å²) in [7, 11) is 0. The van der Waals surface area contributed by atoms with Crippen LogP contribution in [0.25, 0.3) is 5.57 Å². The largest absolute Gasteiger partial charge is 0.294 e. The van der Waals surface area contributed by atoms with E-state index < -0.39 is 0 Å². The van der Waals surface area contributed by atoms with E-state index in [2.05, 4.69) is 13.8 Å². The number of benzene rings is 1. The molecule has 0 N–H and O–H groups in total. The maximum absolute atomic E-state index is 12.9. The highest BCUT2D eigenvalue weighted by Gasteiger charge is 2.24. The predicted octanol–water partition coefficient (Wildman–Crippen LogP) is 3.99. The molecular formula is C15H17FO. The number of ketones is 1. The van der Waals surface area contributed by atoms with Crippen LogP contribution in [-0.2, 0) is 4.79 Å². The topological polar surface area (TPSA) is 17.1 Å². The number of Topliss-reactive ketones (excluding diaryl/α,β-unsaturated/α-hetero) is 1. The average molecular weight is 232 g/mol. The Kier molecular flexibility index (Phi) is 3.41. The molecule has 1 aliphatic carbocycles. The Labute approximate surface area is 101 Å². The Morgan fingerprint density at radius 3 is 2.41 bits per heavy atom. The van der Waals surface area contributed by atoms with Gasteiger partial charge in [0.2, 0.25) is 0 Å². The molecule has 17 heavy (non-hydrogen) atoms. The van der Waals surface area contributed by atoms with Crippen molar-refractivity contribution in [1.82, 2.24) is 0 Å². The molecule has 0 aromatic heterocycles. The number of hydrogen-bond acceptors (Lipinski definition) is 1. The van der Waals surface area contributed by atoms with Crippen LogP contribution in [0, 0.1) is 11.7 Å². The molecule has 0 spiro atoms. The van der Waals surface area contributed by atoms with Gasteiger partial charge in [0.25, 0.3) is 0 Å². The van der Waals surface area contributed by atoms with E-state index in [1.165, 1.54) is 17.7 Å². The van der Waals surface area contributed by atoms with Gasteiger partial charge in [0, 0.05) is 12.0 Å². The van der Waals surface area contributed by atoms with Crippen molar-refractivity contribution in [1.29, 1.82) is 0 Å². The molecule has 2 heteroatoms. The number of carbonyl (C=O) groups is 1. The van der Waals surface area contributed by atoms with E-state index >= 15 is 0 Å². The highest BCUT2D eigenvalue weighted by Crippen LogP contribution is 2.34. The molecule has 0 fully saturated rings. The van der Waals surface area contributed by atoms with E-state index in [0.29, 0.717) is 12.3 Å². The van der Waals surface area contributed by atoms with Gasteiger partial charge in [0.1, 0.15) is 5.82 Å². The van der Waals surface area contributed by atoms with Crippen LogP contribution in [0.2, 0.25) is 0 Å². The lowest BCUT2D eigenvalue weighted by atomic mass is 9.95. The zero-order valence-electron chi connectivity index (χ0n) is 10.3. The third-order valence-electron chi connectivity index (χ3n) is 3.07. The summed E-state index contributed by atoms with van der Waals surface area (Å²) in [5.74, 6) is 0.490. The molecule has 0 saturated heterocycles. The van der Waals surface area contributed by atoms with Crippen molar-refractivity contribution >= 4 is 11.4 Å². The third kappa shape index (κ3) is 2.63. The third-order valence-corrected chi connectivity index (χ3v) is 3.07. The van der Waals surface area contributed by atoms with Crippen LogP contribution in [0.1, 0.15) is 38.7 Å². The van der Waals surface area contributed by atoms with E-state index in [4.69, 9.17) is 0 Å². The fourth-order valence-corrected chi connectivity index (χ4v) is 2.39. The second-order valence-corrected chi connectivity index (χ2v) is 5.01. The average Bonchev–Trinajstić information content (AvgIpc) is 2.61. The quantitative estimate of drug-likeness (QED) is 0.770. The van der Waals surface area contributed by atoms with Gasteiger partial charge in [-0.15, -0.1) is 0 Å². The molecule has 0 radical (unpaired) electrons. The minimum atomic E-state index is -0.259. The van der Waals surface area contributed by atoms with Crippen molar-refractivity contribution in [3.05, 3.63) is 41.2 Å². The summed E-state index contributed by atoms with van der Waals surface area (Å²) in [6.07, 6.45) is 2.43. The lowest BCUT2D eigenvalue weighted by Crippen LogP contribution is -1.97. The molecule has 1 nitrogen and oxygen atoms in total. The summed E-state index contributed by atoms with van der Waals surface area (Å²) >= 11 is 0. The molecule has 2 rings (SSSR count). The van der Waals surface area contributed by atoms with Crippen molar-refractivity contribution < 1.29 is 9.18 Å². The molecule has 0 atom stereocenters. The SMILES string of the molecule is CC(C)CC1=C(c2ccc(F)cc2)C(=O)CC1. The number of allylic oxidation sites excluding steroid dienone is 2. The van der Waals surface area contributed by atoms with Gasteiger partial charge in [-0.2, -0.15) is 0 Å². The van der Waals surface area contributed by atoms with Crippen molar-refractivity contribution in [2.75, 3.05) is 0 Å². The van der Waals surface area contributed by atoms with Crippen LogP contribution >= 0.6 is 0 Å². The number of rotatable bonds is 3. The number of carbonyl (C=O) groups excluding carboxylic acids is 1. The summed E-state index contributed by atoms with van der Waals surface area (Å²) in [5.41, 5.74) is 2.93. The first-order valence-electron chi connectivity index (χ1n) is 6.09. The summed E-state index contributed by atoms with van der Waals surface area (Å²) in [4.78, 5) is 11.9. The van der Waals surface area contributed by atoms with Gasteiger partial charge in [-0.25, -0.2) is 4.39 Å². The van der Waals surface area contributed by atoms with Gasteiger partial charge in [-0.1, -0.05) is 31.6 Å². The molecule has 90 valence electrons. The van der Waals surface area contributed by atoms with Crippen molar-refractivity contribution in [2.24, 2.45) is 5.92 Å². The summed E-state index contributed by atoms with van der Waals surface area (Å²) in [6, 6.07) is 6.24. The highest BCUT2D eigenvalue weighted by molar-refractivity contribution is 6.23. The van der Waals surface area contributed by atoms with Gasteiger partial charge in [-0.3, -0.25) is 4.79 Å². The van der Waals surface area contributed by atoms with E-state index in [1.807, 2.05) is 0 Å². The van der Waals surface area contributed by atoms with Crippen LogP contribution in [0.15, 0.2) is 29.8 Å². The Bertz CT molecular complexity index is 454. The monoisotopic (exact) mass is 232 g/mol. The lowest BCUT2D eigenvalue weighted by Gasteiger charge is -2.09. The molecule has 0 unspecified atom stereocenters. The standard InChI is InChI=1S/C15H17FO/c1-10(2)9-12-5-8-14(17)15(12)11-3-6-13(16)7-4-11/h3-4,6-7,10H,5,8-9H2,1-2H3. The minimum absolute atomic E-state index is 0.201. The lowest BCUT2D eigenvalue weighted by molar-refractivity contribution is -0.113. The van der Waals surface area contributed by atoms with Gasteiger partial charge < -0.3 is 0 Å². The van der Waals surface area contributed by atoms with Crippen molar-refractivity contribution in [3.8, 4) is 0 Å². The molecule has 0 amide bonds. The summed E-state index contributed by atoms with van der Waals surface area (Å²) in [6.45, 7) is 4.30. The molecule has 0 saturated carbocycles. The van der Waals surface area contributed by atoms with E-state index in [9.17, 15) is 9.18 Å². The fourth-order valence-electron chi connectivity index (χ4n) is 2.39. The van der Waals surface area contributed by atoms with E-state index in [1.54, 1.807) is 12.1 Å². The zero-order valence-corrected chi connectivity index (χ0v) is 10.3. The van der Waals surface area contributed by atoms with Gasteiger partial charge in [0.05, 0.1) is 0 Å². The minimum Gasteiger partial charge on any atom is -0.294 e.